The van der Waals surface area contributed by atoms with Gasteiger partial charge in [-0.25, -0.2) is 0 Å². The quantitative estimate of drug-likeness (QED) is 0.664. The van der Waals surface area contributed by atoms with Gasteiger partial charge < -0.3 is 9.30 Å². The first-order valence-corrected chi connectivity index (χ1v) is 9.08. The Morgan fingerprint density at radius 2 is 2.04 bits per heavy atom. The maximum absolute atomic E-state index is 12.5. The molecule has 1 heterocycles. The number of amides is 1. The van der Waals surface area contributed by atoms with E-state index in [4.69, 9.17) is 11.2 Å². The third kappa shape index (κ3) is 3.71. The van der Waals surface area contributed by atoms with Crippen LogP contribution in [0.5, 0.6) is 5.75 Å². The number of carbonyl (C=O) groups excluding carboxylic acids is 1. The van der Waals surface area contributed by atoms with E-state index >= 15 is 0 Å². The van der Waals surface area contributed by atoms with Crippen LogP contribution in [0.25, 0.3) is 10.2 Å². The van der Waals surface area contributed by atoms with Crippen LogP contribution in [0.2, 0.25) is 0 Å². The van der Waals surface area contributed by atoms with Gasteiger partial charge in [-0.3, -0.25) is 4.79 Å². The third-order valence-corrected chi connectivity index (χ3v) is 5.33. The SMILES string of the molecule is C#CCn1c(=NC(=O)Cc2ccc(C)c(C)c2)sc2cc(OC)ccc21. The molecule has 3 aromatic rings. The second-order valence-electron chi connectivity index (χ2n) is 6.11. The van der Waals surface area contributed by atoms with Gasteiger partial charge in [-0.1, -0.05) is 35.5 Å². The molecule has 132 valence electrons. The molecule has 1 aromatic heterocycles. The molecule has 0 saturated carbocycles. The van der Waals surface area contributed by atoms with Crippen molar-refractivity contribution in [2.45, 2.75) is 26.8 Å². The lowest BCUT2D eigenvalue weighted by Gasteiger charge is -2.03. The van der Waals surface area contributed by atoms with Crippen molar-refractivity contribution in [2.75, 3.05) is 7.11 Å². The monoisotopic (exact) mass is 364 g/mol. The van der Waals surface area contributed by atoms with E-state index in [2.05, 4.69) is 17.8 Å². The Kier molecular flexibility index (Phi) is 5.24. The van der Waals surface area contributed by atoms with Crippen molar-refractivity contribution in [3.63, 3.8) is 0 Å². The Labute approximate surface area is 156 Å². The zero-order valence-corrected chi connectivity index (χ0v) is 15.9. The van der Waals surface area contributed by atoms with E-state index in [-0.39, 0.29) is 12.3 Å². The van der Waals surface area contributed by atoms with E-state index in [1.165, 1.54) is 22.5 Å². The highest BCUT2D eigenvalue weighted by Crippen LogP contribution is 2.23. The van der Waals surface area contributed by atoms with E-state index in [0.29, 0.717) is 11.3 Å². The maximum atomic E-state index is 12.5. The number of aryl methyl sites for hydroxylation is 2. The molecule has 0 fully saturated rings. The Bertz CT molecular complexity index is 1080. The van der Waals surface area contributed by atoms with E-state index in [1.54, 1.807) is 7.11 Å². The van der Waals surface area contributed by atoms with Crippen molar-refractivity contribution in [3.05, 3.63) is 57.9 Å². The summed E-state index contributed by atoms with van der Waals surface area (Å²) in [7, 11) is 1.63. The summed E-state index contributed by atoms with van der Waals surface area (Å²) in [5.41, 5.74) is 4.30. The molecule has 0 N–H and O–H groups in total. The van der Waals surface area contributed by atoms with E-state index < -0.39 is 0 Å². The second-order valence-corrected chi connectivity index (χ2v) is 7.12. The van der Waals surface area contributed by atoms with Gasteiger partial charge in [-0.05, 0) is 48.7 Å². The van der Waals surface area contributed by atoms with Crippen LogP contribution in [0.4, 0.5) is 0 Å². The number of hydrogen-bond donors (Lipinski definition) is 0. The molecular formula is C21H20N2O2S. The lowest BCUT2D eigenvalue weighted by Crippen LogP contribution is -2.17. The molecule has 0 spiro atoms. The van der Waals surface area contributed by atoms with Crippen molar-refractivity contribution in [3.8, 4) is 18.1 Å². The van der Waals surface area contributed by atoms with Gasteiger partial charge in [0.2, 0.25) is 0 Å². The van der Waals surface area contributed by atoms with E-state index in [0.717, 1.165) is 21.5 Å². The summed E-state index contributed by atoms with van der Waals surface area (Å²) < 4.78 is 8.14. The molecule has 0 atom stereocenters. The van der Waals surface area contributed by atoms with Gasteiger partial charge in [0, 0.05) is 0 Å². The second kappa shape index (κ2) is 7.59. The molecular weight excluding hydrogens is 344 g/mol. The fourth-order valence-electron chi connectivity index (χ4n) is 2.74. The van der Waals surface area contributed by atoms with Crippen LogP contribution < -0.4 is 9.54 Å². The number of fused-ring (bicyclic) bond motifs is 1. The van der Waals surface area contributed by atoms with Gasteiger partial charge >= 0.3 is 0 Å². The molecule has 0 unspecified atom stereocenters. The van der Waals surface area contributed by atoms with Crippen LogP contribution in [0.3, 0.4) is 0 Å². The molecule has 1 amide bonds. The number of hydrogen-bond acceptors (Lipinski definition) is 3. The first-order chi connectivity index (χ1) is 12.5. The highest BCUT2D eigenvalue weighted by Gasteiger charge is 2.09. The number of rotatable bonds is 4. The Morgan fingerprint density at radius 1 is 1.23 bits per heavy atom. The van der Waals surface area contributed by atoms with Crippen molar-refractivity contribution in [1.82, 2.24) is 4.57 Å². The smallest absolute Gasteiger partial charge is 0.252 e. The lowest BCUT2D eigenvalue weighted by molar-refractivity contribution is -0.117. The van der Waals surface area contributed by atoms with E-state index in [9.17, 15) is 4.79 Å². The number of nitrogens with zero attached hydrogens (tertiary/aromatic N) is 2. The Morgan fingerprint density at radius 3 is 2.73 bits per heavy atom. The van der Waals surface area contributed by atoms with Crippen molar-refractivity contribution < 1.29 is 9.53 Å². The minimum atomic E-state index is -0.183. The molecule has 0 aliphatic rings. The van der Waals surface area contributed by atoms with Crippen LogP contribution in [-0.4, -0.2) is 17.6 Å². The maximum Gasteiger partial charge on any atom is 0.252 e. The van der Waals surface area contributed by atoms with Gasteiger partial charge in [-0.2, -0.15) is 4.99 Å². The van der Waals surface area contributed by atoms with Crippen LogP contribution in [0.1, 0.15) is 16.7 Å². The molecule has 5 heteroatoms. The molecule has 26 heavy (non-hydrogen) atoms. The Balaban J connectivity index is 1.99. The summed E-state index contributed by atoms with van der Waals surface area (Å²) in [6, 6.07) is 11.8. The van der Waals surface area contributed by atoms with Gasteiger partial charge in [0.15, 0.2) is 4.80 Å². The predicted molar refractivity (Wildman–Crippen MR) is 105 cm³/mol. The summed E-state index contributed by atoms with van der Waals surface area (Å²) in [5.74, 6) is 3.22. The van der Waals surface area contributed by atoms with Crippen LogP contribution in [0.15, 0.2) is 41.4 Å². The minimum Gasteiger partial charge on any atom is -0.497 e. The predicted octanol–water partition coefficient (Wildman–Crippen LogP) is 3.63. The number of terminal acetylenes is 1. The molecule has 0 saturated heterocycles. The standard InChI is InChI=1S/C21H20N2O2S/c1-5-10-23-18-9-8-17(25-4)13-19(18)26-21(23)22-20(24)12-16-7-6-14(2)15(3)11-16/h1,6-9,11,13H,10,12H2,2-4H3. The topological polar surface area (TPSA) is 43.6 Å². The summed E-state index contributed by atoms with van der Waals surface area (Å²) in [6.07, 6.45) is 5.78. The zero-order valence-electron chi connectivity index (χ0n) is 15.1. The van der Waals surface area contributed by atoms with Crippen LogP contribution in [0, 0.1) is 26.2 Å². The van der Waals surface area contributed by atoms with Gasteiger partial charge in [0.25, 0.3) is 5.91 Å². The molecule has 0 aliphatic heterocycles. The van der Waals surface area contributed by atoms with Crippen molar-refractivity contribution in [1.29, 1.82) is 0 Å². The molecule has 0 bridgehead atoms. The van der Waals surface area contributed by atoms with Gasteiger partial charge in [0.1, 0.15) is 5.75 Å². The summed E-state index contributed by atoms with van der Waals surface area (Å²) >= 11 is 1.44. The third-order valence-electron chi connectivity index (χ3n) is 4.29. The fraction of sp³-hybridized carbons (Fsp3) is 0.238. The molecule has 0 aliphatic carbocycles. The number of methoxy groups -OCH3 is 1. The van der Waals surface area contributed by atoms with Gasteiger partial charge in [0.05, 0.1) is 30.3 Å². The number of aromatic nitrogens is 1. The van der Waals surface area contributed by atoms with Crippen LogP contribution in [-0.2, 0) is 17.8 Å². The molecule has 2 aromatic carbocycles. The number of carbonyl (C=O) groups is 1. The minimum absolute atomic E-state index is 0.183. The molecule has 4 nitrogen and oxygen atoms in total. The first kappa shape index (κ1) is 18.0. The summed E-state index contributed by atoms with van der Waals surface area (Å²) in [6.45, 7) is 4.46. The highest BCUT2D eigenvalue weighted by atomic mass is 32.1. The molecule has 3 rings (SSSR count). The highest BCUT2D eigenvalue weighted by molar-refractivity contribution is 7.16. The normalized spacial score (nSPS) is 11.5. The Hall–Kier alpha value is -2.84. The van der Waals surface area contributed by atoms with Crippen molar-refractivity contribution >= 4 is 27.5 Å². The zero-order chi connectivity index (χ0) is 18.7. The number of thiazole rings is 1. The van der Waals surface area contributed by atoms with E-state index in [1.807, 2.05) is 47.9 Å². The summed E-state index contributed by atoms with van der Waals surface area (Å²) in [4.78, 5) is 17.4. The largest absolute Gasteiger partial charge is 0.497 e. The fourth-order valence-corrected chi connectivity index (χ4v) is 3.82. The van der Waals surface area contributed by atoms with Crippen LogP contribution >= 0.6 is 11.3 Å². The summed E-state index contributed by atoms with van der Waals surface area (Å²) in [5, 5.41) is 0. The number of ether oxygens (including phenoxy) is 1. The first-order valence-electron chi connectivity index (χ1n) is 8.26. The molecule has 0 radical (unpaired) electrons. The van der Waals surface area contributed by atoms with Crippen molar-refractivity contribution in [2.24, 2.45) is 4.99 Å². The number of benzene rings is 2. The average molecular weight is 364 g/mol. The average Bonchev–Trinajstić information content (AvgIpc) is 2.94. The van der Waals surface area contributed by atoms with Gasteiger partial charge in [-0.15, -0.1) is 6.42 Å². The lowest BCUT2D eigenvalue weighted by atomic mass is 10.0.